The Morgan fingerprint density at radius 1 is 1.18 bits per heavy atom. The summed E-state index contributed by atoms with van der Waals surface area (Å²) in [6, 6.07) is 6.95. The van der Waals surface area contributed by atoms with E-state index in [1.54, 1.807) is 40.1 Å². The number of benzene rings is 1. The van der Waals surface area contributed by atoms with E-state index < -0.39 is 18.1 Å². The first-order valence-electron chi connectivity index (χ1n) is 10.4. The first kappa shape index (κ1) is 25.1. The predicted octanol–water partition coefficient (Wildman–Crippen LogP) is 3.77. The van der Waals surface area contributed by atoms with Crippen molar-refractivity contribution in [1.29, 1.82) is 0 Å². The van der Waals surface area contributed by atoms with E-state index in [4.69, 9.17) is 4.74 Å². The van der Waals surface area contributed by atoms with Crippen molar-refractivity contribution in [1.82, 2.24) is 20.1 Å². The Bertz CT molecular complexity index is 1140. The number of alkyl halides is 3. The van der Waals surface area contributed by atoms with Gasteiger partial charge in [-0.2, -0.15) is 5.10 Å². The number of nitrogens with one attached hydrogen (secondary N) is 1. The number of likely N-dealkylation sites (N-methyl/N-ethyl adjacent to an activating group) is 1. The average Bonchev–Trinajstić information content (AvgIpc) is 3.09. The standard InChI is InChI=1S/C22H26F3N5O4/c1-21(2,3)34-20(32)27-13-16-18-17(29(4)11-12-31)9-10-26-19(18)30(28-16)14-5-7-15(8-6-14)33-22(23,24)25/h5-10,31H,11-13H2,1-4H3,(H,27,32). The Morgan fingerprint density at radius 2 is 1.85 bits per heavy atom. The monoisotopic (exact) mass is 481 g/mol. The molecule has 0 unspecified atom stereocenters. The molecule has 9 nitrogen and oxygen atoms in total. The van der Waals surface area contributed by atoms with E-state index in [2.05, 4.69) is 20.1 Å². The molecule has 0 aliphatic heterocycles. The highest BCUT2D eigenvalue weighted by molar-refractivity contribution is 5.93. The lowest BCUT2D eigenvalue weighted by atomic mass is 10.2. The number of nitrogens with zero attached hydrogens (tertiary/aromatic N) is 4. The molecule has 0 spiro atoms. The SMILES string of the molecule is CN(CCO)c1ccnc2c1c(CNC(=O)OC(C)(C)C)nn2-c1ccc(OC(F)(F)F)cc1. The number of hydrogen-bond acceptors (Lipinski definition) is 7. The third-order valence-electron chi connectivity index (χ3n) is 4.58. The fourth-order valence-corrected chi connectivity index (χ4v) is 3.25. The summed E-state index contributed by atoms with van der Waals surface area (Å²) in [6.07, 6.45) is -3.86. The third kappa shape index (κ3) is 6.28. The minimum Gasteiger partial charge on any atom is -0.444 e. The minimum absolute atomic E-state index is 0.0132. The van der Waals surface area contributed by atoms with Crippen molar-refractivity contribution >= 4 is 22.8 Å². The molecule has 0 fully saturated rings. The average molecular weight is 481 g/mol. The second-order valence-electron chi connectivity index (χ2n) is 8.43. The predicted molar refractivity (Wildman–Crippen MR) is 119 cm³/mol. The maximum absolute atomic E-state index is 12.5. The van der Waals surface area contributed by atoms with Crippen molar-refractivity contribution < 1.29 is 32.5 Å². The number of amides is 1. The molecule has 3 rings (SSSR count). The fraction of sp³-hybridized carbons (Fsp3) is 0.409. The molecule has 0 radical (unpaired) electrons. The second kappa shape index (κ2) is 9.75. The number of aliphatic hydroxyl groups is 1. The second-order valence-corrected chi connectivity index (χ2v) is 8.43. The van der Waals surface area contributed by atoms with Crippen molar-refractivity contribution in [3.05, 3.63) is 42.2 Å². The number of alkyl carbamates (subject to hydrolysis) is 1. The molecular weight excluding hydrogens is 455 g/mol. The molecule has 0 bridgehead atoms. The molecule has 0 saturated carbocycles. The zero-order valence-electron chi connectivity index (χ0n) is 19.2. The summed E-state index contributed by atoms with van der Waals surface area (Å²) in [5, 5.41) is 17.2. The molecule has 2 aromatic heterocycles. The van der Waals surface area contributed by atoms with Crippen LogP contribution in [0.3, 0.4) is 0 Å². The normalized spacial score (nSPS) is 12.0. The summed E-state index contributed by atoms with van der Waals surface area (Å²) >= 11 is 0. The molecule has 12 heteroatoms. The van der Waals surface area contributed by atoms with Gasteiger partial charge < -0.3 is 24.8 Å². The summed E-state index contributed by atoms with van der Waals surface area (Å²) < 4.78 is 48.2. The van der Waals surface area contributed by atoms with Crippen LogP contribution in [0.25, 0.3) is 16.7 Å². The van der Waals surface area contributed by atoms with Gasteiger partial charge in [0.05, 0.1) is 35.6 Å². The van der Waals surface area contributed by atoms with Crippen LogP contribution in [0.5, 0.6) is 5.75 Å². The van der Waals surface area contributed by atoms with Crippen LogP contribution < -0.4 is 15.0 Å². The Balaban J connectivity index is 2.02. The van der Waals surface area contributed by atoms with Gasteiger partial charge >= 0.3 is 12.5 Å². The molecule has 3 aromatic rings. The van der Waals surface area contributed by atoms with Crippen molar-refractivity contribution in [3.8, 4) is 11.4 Å². The third-order valence-corrected chi connectivity index (χ3v) is 4.58. The van der Waals surface area contributed by atoms with Crippen molar-refractivity contribution in [2.45, 2.75) is 39.3 Å². The summed E-state index contributed by atoms with van der Waals surface area (Å²) in [5.74, 6) is -0.365. The fourth-order valence-electron chi connectivity index (χ4n) is 3.25. The maximum Gasteiger partial charge on any atom is 0.573 e. The van der Waals surface area contributed by atoms with Gasteiger partial charge in [-0.15, -0.1) is 13.2 Å². The molecule has 0 aliphatic rings. The first-order valence-corrected chi connectivity index (χ1v) is 10.4. The van der Waals surface area contributed by atoms with Gasteiger partial charge in [-0.05, 0) is 51.1 Å². The van der Waals surface area contributed by atoms with Crippen LogP contribution >= 0.6 is 0 Å². The smallest absolute Gasteiger partial charge is 0.444 e. The van der Waals surface area contributed by atoms with Crippen molar-refractivity contribution in [2.24, 2.45) is 0 Å². The van der Waals surface area contributed by atoms with Gasteiger partial charge in [-0.25, -0.2) is 14.5 Å². The highest BCUT2D eigenvalue weighted by Crippen LogP contribution is 2.31. The molecule has 1 aromatic carbocycles. The summed E-state index contributed by atoms with van der Waals surface area (Å²) in [4.78, 5) is 18.4. The van der Waals surface area contributed by atoms with Gasteiger partial charge in [0.1, 0.15) is 11.4 Å². The molecule has 0 aliphatic carbocycles. The van der Waals surface area contributed by atoms with Crippen LogP contribution in [0, 0.1) is 0 Å². The number of ether oxygens (including phenoxy) is 2. The number of aliphatic hydroxyl groups excluding tert-OH is 1. The molecule has 2 N–H and O–H groups in total. The van der Waals surface area contributed by atoms with Crippen LogP contribution in [0.4, 0.5) is 23.7 Å². The van der Waals surface area contributed by atoms with Crippen LogP contribution in [0.2, 0.25) is 0 Å². The zero-order chi connectivity index (χ0) is 25.1. The van der Waals surface area contributed by atoms with Gasteiger partial charge in [0.2, 0.25) is 0 Å². The van der Waals surface area contributed by atoms with Gasteiger partial charge in [-0.1, -0.05) is 0 Å². The highest BCUT2D eigenvalue weighted by atomic mass is 19.4. The van der Waals surface area contributed by atoms with E-state index in [0.717, 1.165) is 0 Å². The molecular formula is C22H26F3N5O4. The number of rotatable bonds is 7. The quantitative estimate of drug-likeness (QED) is 0.530. The number of hydrogen-bond donors (Lipinski definition) is 2. The summed E-state index contributed by atoms with van der Waals surface area (Å²) in [6.45, 7) is 5.50. The molecule has 0 saturated heterocycles. The maximum atomic E-state index is 12.5. The molecule has 184 valence electrons. The number of pyridine rings is 1. The summed E-state index contributed by atoms with van der Waals surface area (Å²) in [5.41, 5.74) is 1.36. The Labute approximate surface area is 194 Å². The topological polar surface area (TPSA) is 102 Å². The van der Waals surface area contributed by atoms with Crippen LogP contribution in [-0.4, -0.2) is 58.1 Å². The van der Waals surface area contributed by atoms with E-state index in [9.17, 15) is 23.1 Å². The minimum atomic E-state index is -4.80. The van der Waals surface area contributed by atoms with Gasteiger partial charge in [0, 0.05) is 19.8 Å². The molecule has 2 heterocycles. The zero-order valence-corrected chi connectivity index (χ0v) is 19.2. The van der Waals surface area contributed by atoms with Gasteiger partial charge in [0.25, 0.3) is 0 Å². The molecule has 1 amide bonds. The first-order chi connectivity index (χ1) is 15.9. The largest absolute Gasteiger partial charge is 0.573 e. The highest BCUT2D eigenvalue weighted by Gasteiger charge is 2.31. The Hall–Kier alpha value is -3.54. The number of fused-ring (bicyclic) bond motifs is 1. The number of halogens is 3. The van der Waals surface area contributed by atoms with Crippen LogP contribution in [0.1, 0.15) is 26.5 Å². The van der Waals surface area contributed by atoms with Crippen LogP contribution in [-0.2, 0) is 11.3 Å². The Kier molecular flexibility index (Phi) is 7.20. The number of aromatic nitrogens is 3. The van der Waals surface area contributed by atoms with E-state index in [1.807, 2.05) is 4.90 Å². The van der Waals surface area contributed by atoms with E-state index >= 15 is 0 Å². The number of carbonyl (C=O) groups is 1. The van der Waals surface area contributed by atoms with E-state index in [-0.39, 0.29) is 18.9 Å². The molecule has 0 atom stereocenters. The van der Waals surface area contributed by atoms with E-state index in [0.29, 0.717) is 34.6 Å². The lowest BCUT2D eigenvalue weighted by Crippen LogP contribution is -2.32. The lowest BCUT2D eigenvalue weighted by molar-refractivity contribution is -0.274. The van der Waals surface area contributed by atoms with E-state index in [1.165, 1.54) is 28.9 Å². The number of carbonyl (C=O) groups excluding carboxylic acids is 1. The van der Waals surface area contributed by atoms with Gasteiger partial charge in [-0.3, -0.25) is 0 Å². The van der Waals surface area contributed by atoms with Crippen molar-refractivity contribution in [3.63, 3.8) is 0 Å². The Morgan fingerprint density at radius 3 is 2.44 bits per heavy atom. The van der Waals surface area contributed by atoms with Crippen LogP contribution in [0.15, 0.2) is 36.5 Å². The van der Waals surface area contributed by atoms with Crippen molar-refractivity contribution in [2.75, 3.05) is 25.1 Å². The summed E-state index contributed by atoms with van der Waals surface area (Å²) in [7, 11) is 1.79. The lowest BCUT2D eigenvalue weighted by Gasteiger charge is -2.20. The van der Waals surface area contributed by atoms with Gasteiger partial charge in [0.15, 0.2) is 5.65 Å². The molecule has 34 heavy (non-hydrogen) atoms. The number of anilines is 1.